The highest BCUT2D eigenvalue weighted by Crippen LogP contribution is 2.48. The van der Waals surface area contributed by atoms with E-state index in [0.717, 1.165) is 5.56 Å². The molecule has 0 spiro atoms. The Labute approximate surface area is 174 Å². The van der Waals surface area contributed by atoms with Crippen LogP contribution in [0.4, 0.5) is 0 Å². The number of hydrogen-bond donors (Lipinski definition) is 1. The smallest absolute Gasteiger partial charge is 0.356 e. The molecule has 3 aromatic rings. The maximum absolute atomic E-state index is 14.3. The fraction of sp³-hybridized carbons (Fsp3) is 0.250. The van der Waals surface area contributed by atoms with E-state index in [0.29, 0.717) is 21.2 Å². The molecule has 0 saturated heterocycles. The molecule has 0 aliphatic heterocycles. The predicted octanol–water partition coefficient (Wildman–Crippen LogP) is 4.74. The van der Waals surface area contributed by atoms with Crippen LogP contribution >= 0.6 is 31.8 Å². The maximum Gasteiger partial charge on any atom is 0.356 e. The predicted molar refractivity (Wildman–Crippen MR) is 117 cm³/mol. The number of nitrogens with zero attached hydrogens (tertiary/aromatic N) is 1. The number of fused-ring (bicyclic) bond motifs is 1. The third-order valence-electron chi connectivity index (χ3n) is 4.33. The van der Waals surface area contributed by atoms with Gasteiger partial charge in [-0.05, 0) is 51.1 Å². The van der Waals surface area contributed by atoms with Gasteiger partial charge in [-0.1, -0.05) is 42.1 Å². The summed E-state index contributed by atoms with van der Waals surface area (Å²) >= 11 is 10.7. The summed E-state index contributed by atoms with van der Waals surface area (Å²) in [6.45, 7) is 5.80. The number of carbonyl (C=O) groups excluding carboxylic acids is 1. The molecule has 1 atom stereocenters. The fourth-order valence-corrected chi connectivity index (χ4v) is 6.12. The van der Waals surface area contributed by atoms with Crippen molar-refractivity contribution in [3.63, 3.8) is 0 Å². The minimum absolute atomic E-state index is 0.0832. The van der Waals surface area contributed by atoms with E-state index >= 15 is 0 Å². The number of aromatic nitrogens is 1. The fourth-order valence-electron chi connectivity index (χ4n) is 3.10. The monoisotopic (exact) mass is 437 g/mol. The van der Waals surface area contributed by atoms with E-state index in [1.165, 1.54) is 3.97 Å². The summed E-state index contributed by atoms with van der Waals surface area (Å²) in [4.78, 5) is 12.8. The third kappa shape index (κ3) is 3.62. The van der Waals surface area contributed by atoms with Crippen molar-refractivity contribution in [1.82, 2.24) is 3.97 Å². The Hall–Kier alpha value is -1.72. The van der Waals surface area contributed by atoms with Gasteiger partial charge < -0.3 is 9.26 Å². The van der Waals surface area contributed by atoms with E-state index in [2.05, 4.69) is 12.8 Å². The zero-order valence-corrected chi connectivity index (χ0v) is 18.4. The van der Waals surface area contributed by atoms with Gasteiger partial charge in [-0.15, -0.1) is 0 Å². The minimum Gasteiger partial charge on any atom is -0.461 e. The Bertz CT molecular complexity index is 1080. The molecule has 0 aliphatic carbocycles. The number of carbonyl (C=O) groups is 1. The van der Waals surface area contributed by atoms with Gasteiger partial charge in [-0.2, -0.15) is 0 Å². The van der Waals surface area contributed by atoms with Gasteiger partial charge >= 0.3 is 5.97 Å². The van der Waals surface area contributed by atoms with Crippen molar-refractivity contribution in [2.24, 2.45) is 0 Å². The summed E-state index contributed by atoms with van der Waals surface area (Å²) < 4.78 is 26.7. The normalized spacial score (nSPS) is 13.5. The Morgan fingerprint density at radius 2 is 1.82 bits per heavy atom. The van der Waals surface area contributed by atoms with E-state index in [9.17, 15) is 9.36 Å². The molecule has 0 amide bonds. The molecular formula is C20H21ClNO4PS. The average Bonchev–Trinajstić information content (AvgIpc) is 2.95. The first-order valence-electron chi connectivity index (χ1n) is 8.86. The van der Waals surface area contributed by atoms with Crippen molar-refractivity contribution in [3.05, 3.63) is 58.7 Å². The summed E-state index contributed by atoms with van der Waals surface area (Å²) in [5.41, 5.74) is 1.70. The molecule has 0 bridgehead atoms. The number of hydrogen-bond acceptors (Lipinski definition) is 5. The van der Waals surface area contributed by atoms with Crippen LogP contribution in [0.2, 0.25) is 5.02 Å². The van der Waals surface area contributed by atoms with E-state index in [4.69, 9.17) is 20.9 Å². The van der Waals surface area contributed by atoms with Crippen LogP contribution in [0.1, 0.15) is 29.9 Å². The first-order valence-corrected chi connectivity index (χ1v) is 11.3. The van der Waals surface area contributed by atoms with Gasteiger partial charge in [0.1, 0.15) is 0 Å². The number of thiol groups is 1. The largest absolute Gasteiger partial charge is 0.461 e. The van der Waals surface area contributed by atoms with Crippen LogP contribution in [0, 0.1) is 6.92 Å². The third-order valence-corrected chi connectivity index (χ3v) is 7.62. The molecule has 1 unspecified atom stereocenters. The van der Waals surface area contributed by atoms with Crippen LogP contribution in [0.5, 0.6) is 0 Å². The molecule has 148 valence electrons. The lowest BCUT2D eigenvalue weighted by Gasteiger charge is -2.20. The molecule has 0 fully saturated rings. The molecule has 1 aromatic heterocycles. The van der Waals surface area contributed by atoms with Gasteiger partial charge in [-0.25, -0.2) is 4.79 Å². The number of halogens is 1. The summed E-state index contributed by atoms with van der Waals surface area (Å²) in [5, 5.41) is 1.74. The Morgan fingerprint density at radius 3 is 2.43 bits per heavy atom. The number of benzene rings is 2. The van der Waals surface area contributed by atoms with E-state index < -0.39 is 13.3 Å². The van der Waals surface area contributed by atoms with Gasteiger partial charge in [0.25, 0.3) is 7.37 Å². The zero-order valence-electron chi connectivity index (χ0n) is 15.8. The van der Waals surface area contributed by atoms with E-state index in [1.54, 1.807) is 44.2 Å². The summed E-state index contributed by atoms with van der Waals surface area (Å²) in [7, 11) is -3.63. The van der Waals surface area contributed by atoms with E-state index in [1.807, 2.05) is 19.1 Å². The second-order valence-corrected chi connectivity index (χ2v) is 9.36. The first kappa shape index (κ1) is 21.0. The van der Waals surface area contributed by atoms with Crippen molar-refractivity contribution in [2.75, 3.05) is 13.2 Å². The molecule has 3 rings (SSSR count). The van der Waals surface area contributed by atoms with Crippen LogP contribution < -0.4 is 10.6 Å². The van der Waals surface area contributed by atoms with Gasteiger partial charge in [0, 0.05) is 15.7 Å². The lowest BCUT2D eigenvalue weighted by atomic mass is 10.2. The molecule has 28 heavy (non-hydrogen) atoms. The summed E-state index contributed by atoms with van der Waals surface area (Å²) in [6, 6.07) is 12.3. The van der Waals surface area contributed by atoms with Gasteiger partial charge in [0.2, 0.25) is 0 Å². The van der Waals surface area contributed by atoms with Crippen molar-refractivity contribution >= 4 is 59.3 Å². The van der Waals surface area contributed by atoms with Crippen LogP contribution in [0.25, 0.3) is 10.9 Å². The molecule has 0 radical (unpaired) electrons. The van der Waals surface area contributed by atoms with Crippen molar-refractivity contribution in [1.29, 1.82) is 0 Å². The molecule has 1 heterocycles. The highest BCUT2D eigenvalue weighted by molar-refractivity contribution is 7.79. The van der Waals surface area contributed by atoms with Gasteiger partial charge in [0.05, 0.1) is 24.0 Å². The topological polar surface area (TPSA) is 57.5 Å². The van der Waals surface area contributed by atoms with Crippen molar-refractivity contribution in [2.45, 2.75) is 20.8 Å². The summed E-state index contributed by atoms with van der Waals surface area (Å²) in [5.74, 6) is -0.619. The van der Waals surface area contributed by atoms with Gasteiger partial charge in [0.15, 0.2) is 5.69 Å². The number of aryl methyl sites for hydroxylation is 1. The molecule has 0 aliphatic rings. The number of rotatable bonds is 6. The van der Waals surface area contributed by atoms with E-state index in [-0.39, 0.29) is 24.2 Å². The first-order chi connectivity index (χ1) is 13.3. The maximum atomic E-state index is 14.3. The second-order valence-electron chi connectivity index (χ2n) is 6.20. The van der Waals surface area contributed by atoms with Crippen LogP contribution in [-0.4, -0.2) is 23.2 Å². The minimum atomic E-state index is -3.63. The van der Waals surface area contributed by atoms with Crippen LogP contribution in [-0.2, 0) is 13.8 Å². The lowest BCUT2D eigenvalue weighted by Crippen LogP contribution is -2.25. The summed E-state index contributed by atoms with van der Waals surface area (Å²) in [6.07, 6.45) is 0. The Balaban J connectivity index is 2.42. The molecule has 8 heteroatoms. The average molecular weight is 438 g/mol. The Morgan fingerprint density at radius 1 is 1.14 bits per heavy atom. The van der Waals surface area contributed by atoms with Crippen molar-refractivity contribution < 1.29 is 18.6 Å². The van der Waals surface area contributed by atoms with Crippen LogP contribution in [0.3, 0.4) is 0 Å². The molecule has 0 saturated carbocycles. The Kier molecular flexibility index (Phi) is 6.25. The van der Waals surface area contributed by atoms with Crippen molar-refractivity contribution in [3.8, 4) is 0 Å². The standard InChI is InChI=1S/C20H21ClNO4PS/c1-4-25-20(23)18-19(16-12-14(21)8-11-17(16)22(18)28)27(24,26-5-2)15-9-6-13(3)7-10-15/h6-12,28H,4-5H2,1-3H3. The molecule has 5 nitrogen and oxygen atoms in total. The van der Waals surface area contributed by atoms with Crippen LogP contribution in [0.15, 0.2) is 42.5 Å². The van der Waals surface area contributed by atoms with Gasteiger partial charge in [-0.3, -0.25) is 8.54 Å². The highest BCUT2D eigenvalue weighted by Gasteiger charge is 2.38. The number of ether oxygens (including phenoxy) is 1. The second kappa shape index (κ2) is 8.34. The highest BCUT2D eigenvalue weighted by atomic mass is 35.5. The quantitative estimate of drug-likeness (QED) is 0.344. The lowest BCUT2D eigenvalue weighted by molar-refractivity contribution is 0.0520. The SMILES string of the molecule is CCOC(=O)c1c(P(=O)(OCC)c2ccc(C)cc2)c2cc(Cl)ccc2n1S. The zero-order chi connectivity index (χ0) is 20.5. The number of esters is 1. The molecular weight excluding hydrogens is 417 g/mol. The molecule has 0 N–H and O–H groups in total. The molecule has 2 aromatic carbocycles.